The van der Waals surface area contributed by atoms with Crippen molar-refractivity contribution in [2.75, 3.05) is 12.4 Å². The first-order chi connectivity index (χ1) is 16.2. The highest BCUT2D eigenvalue weighted by atomic mass is 16.5. The van der Waals surface area contributed by atoms with Crippen LogP contribution < -0.4 is 15.4 Å². The van der Waals surface area contributed by atoms with Crippen molar-refractivity contribution in [2.45, 2.75) is 38.1 Å². The number of hydrogen-bond donors (Lipinski definition) is 2. The number of fused-ring (bicyclic) bond motifs is 1. The third-order valence-electron chi connectivity index (χ3n) is 6.11. The summed E-state index contributed by atoms with van der Waals surface area (Å²) in [5, 5.41) is 11.0. The Morgan fingerprint density at radius 3 is 2.48 bits per heavy atom. The molecule has 1 fully saturated rings. The van der Waals surface area contributed by atoms with Gasteiger partial charge >= 0.3 is 0 Å². The van der Waals surface area contributed by atoms with Crippen molar-refractivity contribution >= 4 is 23.2 Å². The first kappa shape index (κ1) is 21.0. The van der Waals surface area contributed by atoms with Gasteiger partial charge in [0, 0.05) is 29.1 Å². The molecule has 7 nitrogen and oxygen atoms in total. The SMILES string of the molecule is COc1ccc(-c2cccn3nc(Nc4ccc(C(=O)NC5CCCCC5)cc4)nc23)cc1. The van der Waals surface area contributed by atoms with Gasteiger partial charge in [-0.3, -0.25) is 4.79 Å². The van der Waals surface area contributed by atoms with Gasteiger partial charge in [-0.25, -0.2) is 4.52 Å². The molecule has 1 amide bonds. The monoisotopic (exact) mass is 441 g/mol. The molecule has 2 heterocycles. The van der Waals surface area contributed by atoms with Gasteiger partial charge in [-0.1, -0.05) is 31.4 Å². The number of pyridine rings is 1. The number of benzene rings is 2. The number of nitrogens with zero attached hydrogens (tertiary/aromatic N) is 3. The van der Waals surface area contributed by atoms with Gasteiger partial charge in [0.2, 0.25) is 5.95 Å². The highest BCUT2D eigenvalue weighted by Crippen LogP contribution is 2.27. The van der Waals surface area contributed by atoms with Crippen molar-refractivity contribution in [2.24, 2.45) is 0 Å². The number of carbonyl (C=O) groups is 1. The molecule has 1 saturated carbocycles. The van der Waals surface area contributed by atoms with E-state index >= 15 is 0 Å². The number of aromatic nitrogens is 3. The lowest BCUT2D eigenvalue weighted by Crippen LogP contribution is -2.36. The summed E-state index contributed by atoms with van der Waals surface area (Å²) in [5.41, 5.74) is 4.26. The zero-order chi connectivity index (χ0) is 22.6. The number of nitrogens with one attached hydrogen (secondary N) is 2. The number of methoxy groups -OCH3 is 1. The van der Waals surface area contributed by atoms with Crippen molar-refractivity contribution in [3.63, 3.8) is 0 Å². The van der Waals surface area contributed by atoms with E-state index in [4.69, 9.17) is 9.72 Å². The van der Waals surface area contributed by atoms with Gasteiger partial charge in [-0.2, -0.15) is 4.98 Å². The maximum absolute atomic E-state index is 12.5. The second kappa shape index (κ2) is 9.32. The number of anilines is 2. The second-order valence-electron chi connectivity index (χ2n) is 8.36. The van der Waals surface area contributed by atoms with Crippen molar-refractivity contribution in [3.05, 3.63) is 72.4 Å². The number of hydrogen-bond acceptors (Lipinski definition) is 5. The predicted octanol–water partition coefficient (Wildman–Crippen LogP) is 5.21. The van der Waals surface area contributed by atoms with E-state index in [9.17, 15) is 4.79 Å². The Morgan fingerprint density at radius 1 is 1.00 bits per heavy atom. The lowest BCUT2D eigenvalue weighted by atomic mass is 9.95. The zero-order valence-corrected chi connectivity index (χ0v) is 18.6. The molecule has 0 bridgehead atoms. The number of amides is 1. The standard InChI is InChI=1S/C26H27N5O2/c1-33-22-15-11-18(12-16-22)23-8-5-17-31-24(23)29-26(30-31)28-21-13-9-19(10-14-21)25(32)27-20-6-3-2-4-7-20/h5,8-17,20H,2-4,6-7H2,1H3,(H,27,32)(H,28,30). The Labute approximate surface area is 192 Å². The van der Waals surface area contributed by atoms with Crippen LogP contribution in [-0.2, 0) is 0 Å². The van der Waals surface area contributed by atoms with Crippen LogP contribution in [0.2, 0.25) is 0 Å². The molecule has 5 rings (SSSR count). The molecule has 0 spiro atoms. The van der Waals surface area contributed by atoms with Crippen LogP contribution in [0.3, 0.4) is 0 Å². The Morgan fingerprint density at radius 2 is 1.76 bits per heavy atom. The average Bonchev–Trinajstić information content (AvgIpc) is 3.27. The summed E-state index contributed by atoms with van der Waals surface area (Å²) in [6, 6.07) is 19.6. The van der Waals surface area contributed by atoms with E-state index in [1.165, 1.54) is 19.3 Å². The van der Waals surface area contributed by atoms with Crippen LogP contribution in [0.1, 0.15) is 42.5 Å². The van der Waals surface area contributed by atoms with Crippen molar-refractivity contribution in [1.82, 2.24) is 19.9 Å². The minimum Gasteiger partial charge on any atom is -0.497 e. The van der Waals surface area contributed by atoms with Gasteiger partial charge < -0.3 is 15.4 Å². The van der Waals surface area contributed by atoms with E-state index in [0.717, 1.165) is 41.1 Å². The number of carbonyl (C=O) groups excluding carboxylic acids is 1. The number of rotatable bonds is 6. The first-order valence-corrected chi connectivity index (χ1v) is 11.4. The Bertz CT molecular complexity index is 1240. The highest BCUT2D eigenvalue weighted by Gasteiger charge is 2.17. The summed E-state index contributed by atoms with van der Waals surface area (Å²) in [6.45, 7) is 0. The molecule has 1 aliphatic rings. The summed E-state index contributed by atoms with van der Waals surface area (Å²) in [7, 11) is 1.65. The van der Waals surface area contributed by atoms with Gasteiger partial charge in [0.1, 0.15) is 5.75 Å². The molecular weight excluding hydrogens is 414 g/mol. The van der Waals surface area contributed by atoms with Gasteiger partial charge in [-0.15, -0.1) is 5.10 Å². The summed E-state index contributed by atoms with van der Waals surface area (Å²) >= 11 is 0. The molecule has 0 unspecified atom stereocenters. The summed E-state index contributed by atoms with van der Waals surface area (Å²) in [6.07, 6.45) is 7.68. The number of ether oxygens (including phenoxy) is 1. The van der Waals surface area contributed by atoms with Crippen LogP contribution in [0.4, 0.5) is 11.6 Å². The van der Waals surface area contributed by atoms with Gasteiger partial charge in [-0.05, 0) is 66.9 Å². The largest absolute Gasteiger partial charge is 0.497 e. The summed E-state index contributed by atoms with van der Waals surface area (Å²) in [5.74, 6) is 1.30. The molecule has 168 valence electrons. The first-order valence-electron chi connectivity index (χ1n) is 11.4. The third-order valence-corrected chi connectivity index (χ3v) is 6.11. The van der Waals surface area contributed by atoms with Crippen LogP contribution in [0.5, 0.6) is 5.75 Å². The summed E-state index contributed by atoms with van der Waals surface area (Å²) in [4.78, 5) is 17.2. The minimum atomic E-state index is -0.0107. The van der Waals surface area contributed by atoms with Crippen LogP contribution in [0.15, 0.2) is 66.9 Å². The van der Waals surface area contributed by atoms with Crippen LogP contribution in [0.25, 0.3) is 16.8 Å². The average molecular weight is 442 g/mol. The van der Waals surface area contributed by atoms with Crippen LogP contribution in [-0.4, -0.2) is 33.7 Å². The maximum atomic E-state index is 12.5. The Balaban J connectivity index is 1.31. The molecule has 0 radical (unpaired) electrons. The highest BCUT2D eigenvalue weighted by molar-refractivity contribution is 5.94. The second-order valence-corrected chi connectivity index (χ2v) is 8.36. The van der Waals surface area contributed by atoms with Crippen molar-refractivity contribution in [3.8, 4) is 16.9 Å². The smallest absolute Gasteiger partial charge is 0.251 e. The van der Waals surface area contributed by atoms with E-state index in [0.29, 0.717) is 17.6 Å². The molecule has 0 atom stereocenters. The van der Waals surface area contributed by atoms with Crippen molar-refractivity contribution < 1.29 is 9.53 Å². The minimum absolute atomic E-state index is 0.0107. The summed E-state index contributed by atoms with van der Waals surface area (Å²) < 4.78 is 7.01. The van der Waals surface area contributed by atoms with Gasteiger partial charge in [0.05, 0.1) is 7.11 Å². The topological polar surface area (TPSA) is 80.5 Å². The molecule has 4 aromatic rings. The molecule has 2 aromatic carbocycles. The Hall–Kier alpha value is -3.87. The van der Waals surface area contributed by atoms with E-state index in [1.54, 1.807) is 11.6 Å². The predicted molar refractivity (Wildman–Crippen MR) is 129 cm³/mol. The molecule has 2 N–H and O–H groups in total. The van der Waals surface area contributed by atoms with Crippen LogP contribution >= 0.6 is 0 Å². The molecule has 2 aromatic heterocycles. The Kier molecular flexibility index (Phi) is 5.93. The van der Waals surface area contributed by atoms with Crippen LogP contribution in [0, 0.1) is 0 Å². The van der Waals surface area contributed by atoms with E-state index in [1.807, 2.05) is 66.9 Å². The lowest BCUT2D eigenvalue weighted by molar-refractivity contribution is 0.0927. The molecular formula is C26H27N5O2. The van der Waals surface area contributed by atoms with Gasteiger partial charge in [0.25, 0.3) is 5.91 Å². The zero-order valence-electron chi connectivity index (χ0n) is 18.6. The van der Waals surface area contributed by atoms with E-state index in [-0.39, 0.29) is 5.91 Å². The molecule has 0 aliphatic heterocycles. The lowest BCUT2D eigenvalue weighted by Gasteiger charge is -2.22. The maximum Gasteiger partial charge on any atom is 0.251 e. The molecule has 33 heavy (non-hydrogen) atoms. The third kappa shape index (κ3) is 4.67. The van der Waals surface area contributed by atoms with Gasteiger partial charge in [0.15, 0.2) is 5.65 Å². The quantitative estimate of drug-likeness (QED) is 0.429. The normalized spacial score (nSPS) is 14.2. The van der Waals surface area contributed by atoms with Crippen molar-refractivity contribution in [1.29, 1.82) is 0 Å². The fraction of sp³-hybridized carbons (Fsp3) is 0.269. The van der Waals surface area contributed by atoms with E-state index in [2.05, 4.69) is 15.7 Å². The van der Waals surface area contributed by atoms with E-state index < -0.39 is 0 Å². The molecule has 7 heteroatoms. The molecule has 0 saturated heterocycles. The fourth-order valence-electron chi connectivity index (χ4n) is 4.30. The molecule has 1 aliphatic carbocycles. The fourth-order valence-corrected chi connectivity index (χ4v) is 4.30.